The van der Waals surface area contributed by atoms with Gasteiger partial charge < -0.3 is 20.1 Å². The summed E-state index contributed by atoms with van der Waals surface area (Å²) in [6.45, 7) is 7.21. The molecule has 2 N–H and O–H groups in total. The van der Waals surface area contributed by atoms with Crippen molar-refractivity contribution in [2.24, 2.45) is 7.05 Å². The molecule has 1 heterocycles. The molecule has 6 nitrogen and oxygen atoms in total. The van der Waals surface area contributed by atoms with Crippen LogP contribution in [0.2, 0.25) is 5.02 Å². The topological polar surface area (TPSA) is 66.4 Å². The maximum Gasteiger partial charge on any atom is 0.267 e. The van der Waals surface area contributed by atoms with Gasteiger partial charge in [-0.05, 0) is 37.4 Å². The number of para-hydroxylation sites is 1. The van der Waals surface area contributed by atoms with Crippen LogP contribution in [0.4, 0.5) is 0 Å². The minimum absolute atomic E-state index is 0.172. The lowest BCUT2D eigenvalue weighted by molar-refractivity contribution is -0.117. The van der Waals surface area contributed by atoms with Crippen molar-refractivity contribution in [2.75, 3.05) is 26.2 Å². The third kappa shape index (κ3) is 5.58. The monoisotopic (exact) mass is 452 g/mol. The van der Waals surface area contributed by atoms with Crippen LogP contribution in [-0.4, -0.2) is 47.5 Å². The van der Waals surface area contributed by atoms with E-state index in [0.717, 1.165) is 36.1 Å². The summed E-state index contributed by atoms with van der Waals surface area (Å²) in [4.78, 5) is 28.2. The molecule has 0 saturated carbocycles. The molecule has 168 valence electrons. The number of fused-ring (bicyclic) bond motifs is 1. The molecule has 0 atom stereocenters. The Morgan fingerprint density at radius 1 is 1.06 bits per heavy atom. The maximum absolute atomic E-state index is 13.0. The lowest BCUT2D eigenvalue weighted by Crippen LogP contribution is -2.39. The van der Waals surface area contributed by atoms with Gasteiger partial charge >= 0.3 is 0 Å². The molecule has 0 fully saturated rings. The molecule has 0 saturated heterocycles. The molecule has 0 radical (unpaired) electrons. The average molecular weight is 453 g/mol. The van der Waals surface area contributed by atoms with E-state index in [4.69, 9.17) is 11.6 Å². The van der Waals surface area contributed by atoms with Crippen LogP contribution in [0.3, 0.4) is 0 Å². The molecule has 0 aliphatic heterocycles. The smallest absolute Gasteiger partial charge is 0.267 e. The zero-order valence-corrected chi connectivity index (χ0v) is 19.4. The van der Waals surface area contributed by atoms with E-state index in [1.165, 1.54) is 0 Å². The molecule has 32 heavy (non-hydrogen) atoms. The van der Waals surface area contributed by atoms with E-state index >= 15 is 0 Å². The molecule has 3 aromatic rings. The highest BCUT2D eigenvalue weighted by Crippen LogP contribution is 2.23. The van der Waals surface area contributed by atoms with E-state index in [9.17, 15) is 9.59 Å². The highest BCUT2D eigenvalue weighted by Gasteiger charge is 2.17. The molecule has 3 rings (SSSR count). The summed E-state index contributed by atoms with van der Waals surface area (Å²) in [6, 6.07) is 14.7. The van der Waals surface area contributed by atoms with Crippen molar-refractivity contribution in [1.82, 2.24) is 20.1 Å². The van der Waals surface area contributed by atoms with Crippen molar-refractivity contribution in [1.29, 1.82) is 0 Å². The van der Waals surface area contributed by atoms with Gasteiger partial charge in [-0.2, -0.15) is 0 Å². The standard InChI is InChI=1S/C25H29ClN4O2/c1-4-30(5-2)15-14-27-25(32)22(28-24(31)20-11-6-8-12-21(20)26)16-18-17-29(3)23-13-9-7-10-19(18)23/h6-13,16-17H,4-5,14-15H2,1-3H3,(H,27,32)(H,28,31)/b22-16+. The predicted octanol–water partition coefficient (Wildman–Crippen LogP) is 4.06. The number of hydrogen-bond acceptors (Lipinski definition) is 3. The number of hydrogen-bond donors (Lipinski definition) is 2. The zero-order valence-electron chi connectivity index (χ0n) is 18.7. The van der Waals surface area contributed by atoms with E-state index < -0.39 is 5.91 Å². The van der Waals surface area contributed by atoms with Crippen LogP contribution < -0.4 is 10.6 Å². The number of benzene rings is 2. The SMILES string of the molecule is CCN(CC)CCNC(=O)/C(=C\c1cn(C)c2ccccc12)NC(=O)c1ccccc1Cl. The fourth-order valence-corrected chi connectivity index (χ4v) is 3.82. The molecule has 1 aromatic heterocycles. The molecule has 2 aromatic carbocycles. The lowest BCUT2D eigenvalue weighted by atomic mass is 10.1. The fraction of sp³-hybridized carbons (Fsp3) is 0.280. The molecule has 2 amide bonds. The first-order chi connectivity index (χ1) is 15.4. The third-order valence-corrected chi connectivity index (χ3v) is 5.78. The van der Waals surface area contributed by atoms with Gasteiger partial charge in [0.15, 0.2) is 0 Å². The van der Waals surface area contributed by atoms with Gasteiger partial charge in [-0.1, -0.05) is 55.8 Å². The largest absolute Gasteiger partial charge is 0.350 e. The summed E-state index contributed by atoms with van der Waals surface area (Å²) >= 11 is 6.18. The summed E-state index contributed by atoms with van der Waals surface area (Å²) < 4.78 is 1.99. The van der Waals surface area contributed by atoms with Crippen molar-refractivity contribution in [3.63, 3.8) is 0 Å². The fourth-order valence-electron chi connectivity index (χ4n) is 3.60. The van der Waals surface area contributed by atoms with E-state index in [1.807, 2.05) is 42.1 Å². The first-order valence-electron chi connectivity index (χ1n) is 10.8. The van der Waals surface area contributed by atoms with Crippen molar-refractivity contribution in [2.45, 2.75) is 13.8 Å². The third-order valence-electron chi connectivity index (χ3n) is 5.45. The number of aryl methyl sites for hydroxylation is 1. The molecule has 7 heteroatoms. The molecule has 0 aliphatic carbocycles. The Morgan fingerprint density at radius 3 is 2.47 bits per heavy atom. The summed E-state index contributed by atoms with van der Waals surface area (Å²) in [7, 11) is 1.95. The average Bonchev–Trinajstić information content (AvgIpc) is 3.12. The number of aromatic nitrogens is 1. The number of carbonyl (C=O) groups is 2. The van der Waals surface area contributed by atoms with Crippen molar-refractivity contribution < 1.29 is 9.59 Å². The van der Waals surface area contributed by atoms with Gasteiger partial charge in [-0.15, -0.1) is 0 Å². The van der Waals surface area contributed by atoms with Crippen molar-refractivity contribution >= 4 is 40.4 Å². The number of rotatable bonds is 9. The summed E-state index contributed by atoms with van der Waals surface area (Å²) in [5.41, 5.74) is 2.37. The van der Waals surface area contributed by atoms with Gasteiger partial charge in [-0.25, -0.2) is 0 Å². The highest BCUT2D eigenvalue weighted by molar-refractivity contribution is 6.34. The Balaban J connectivity index is 1.90. The normalized spacial score (nSPS) is 11.7. The Kier molecular flexibility index (Phi) is 8.09. The van der Waals surface area contributed by atoms with Crippen LogP contribution in [0.25, 0.3) is 17.0 Å². The van der Waals surface area contributed by atoms with Gasteiger partial charge in [0.2, 0.25) is 0 Å². The Bertz CT molecular complexity index is 1130. The van der Waals surface area contributed by atoms with Gasteiger partial charge in [-0.3, -0.25) is 9.59 Å². The molecule has 0 unspecified atom stereocenters. The summed E-state index contributed by atoms with van der Waals surface area (Å²) in [6.07, 6.45) is 3.65. The Labute approximate surface area is 193 Å². The number of halogens is 1. The number of likely N-dealkylation sites (N-methyl/N-ethyl adjacent to an activating group) is 1. The van der Waals surface area contributed by atoms with Crippen LogP contribution in [0, 0.1) is 0 Å². The Morgan fingerprint density at radius 2 is 1.75 bits per heavy atom. The van der Waals surface area contributed by atoms with E-state index in [-0.39, 0.29) is 11.6 Å². The minimum Gasteiger partial charge on any atom is -0.350 e. The van der Waals surface area contributed by atoms with Crippen LogP contribution in [0.15, 0.2) is 60.4 Å². The van der Waals surface area contributed by atoms with Gasteiger partial charge in [0, 0.05) is 42.8 Å². The van der Waals surface area contributed by atoms with Crippen molar-refractivity contribution in [3.05, 3.63) is 76.6 Å². The number of carbonyl (C=O) groups excluding carboxylic acids is 2. The van der Waals surface area contributed by atoms with Gasteiger partial charge in [0.05, 0.1) is 10.6 Å². The molecule has 0 bridgehead atoms. The highest BCUT2D eigenvalue weighted by atomic mass is 35.5. The summed E-state index contributed by atoms with van der Waals surface area (Å²) in [5.74, 6) is -0.772. The second kappa shape index (κ2) is 11.0. The molecular formula is C25H29ClN4O2. The maximum atomic E-state index is 13.0. The number of amides is 2. The van der Waals surface area contributed by atoms with Crippen LogP contribution >= 0.6 is 11.6 Å². The predicted molar refractivity (Wildman–Crippen MR) is 131 cm³/mol. The van der Waals surface area contributed by atoms with Crippen molar-refractivity contribution in [3.8, 4) is 0 Å². The van der Waals surface area contributed by atoms with Gasteiger partial charge in [0.1, 0.15) is 5.70 Å². The minimum atomic E-state index is -0.430. The van der Waals surface area contributed by atoms with E-state index in [2.05, 4.69) is 29.4 Å². The molecular weight excluding hydrogens is 424 g/mol. The van der Waals surface area contributed by atoms with E-state index in [1.54, 1.807) is 30.3 Å². The first kappa shape index (κ1) is 23.6. The second-order valence-electron chi connectivity index (χ2n) is 7.49. The second-order valence-corrected chi connectivity index (χ2v) is 7.89. The lowest BCUT2D eigenvalue weighted by Gasteiger charge is -2.18. The van der Waals surface area contributed by atoms with Gasteiger partial charge in [0.25, 0.3) is 11.8 Å². The number of nitrogens with one attached hydrogen (secondary N) is 2. The molecule has 0 spiro atoms. The van der Waals surface area contributed by atoms with Crippen LogP contribution in [-0.2, 0) is 11.8 Å². The van der Waals surface area contributed by atoms with E-state index in [0.29, 0.717) is 17.1 Å². The quantitative estimate of drug-likeness (QED) is 0.481. The van der Waals surface area contributed by atoms with Crippen LogP contribution in [0.5, 0.6) is 0 Å². The molecule has 0 aliphatic rings. The Hall–Kier alpha value is -3.09. The zero-order chi connectivity index (χ0) is 23.1. The number of nitrogens with zero attached hydrogens (tertiary/aromatic N) is 2. The first-order valence-corrected chi connectivity index (χ1v) is 11.1. The summed E-state index contributed by atoms with van der Waals surface area (Å²) in [5, 5.41) is 7.02. The van der Waals surface area contributed by atoms with Crippen LogP contribution in [0.1, 0.15) is 29.8 Å².